The first kappa shape index (κ1) is 21.1. The molecule has 0 radical (unpaired) electrons. The minimum Gasteiger partial charge on any atom is -0.496 e. The molecule has 0 heterocycles. The molecule has 0 fully saturated rings. The van der Waals surface area contributed by atoms with Crippen LogP contribution in [0.1, 0.15) is 39.9 Å². The molecule has 1 rings (SSSR count). The van der Waals surface area contributed by atoms with Crippen LogP contribution in [-0.4, -0.2) is 40.2 Å². The highest BCUT2D eigenvalue weighted by atomic mass is 32.2. The maximum absolute atomic E-state index is 12.8. The van der Waals surface area contributed by atoms with E-state index >= 15 is 0 Å². The van der Waals surface area contributed by atoms with Gasteiger partial charge in [-0.2, -0.15) is 0 Å². The summed E-state index contributed by atoms with van der Waals surface area (Å²) in [5.41, 5.74) is 18.4. The Hall–Kier alpha value is -1.97. The molecule has 0 saturated carbocycles. The summed E-state index contributed by atoms with van der Waals surface area (Å²) in [4.78, 5) is 16.9. The summed E-state index contributed by atoms with van der Waals surface area (Å²) in [6.45, 7) is 5.46. The zero-order chi connectivity index (χ0) is 19.3. The van der Waals surface area contributed by atoms with Crippen LogP contribution in [0.2, 0.25) is 0 Å². The van der Waals surface area contributed by atoms with Crippen molar-refractivity contribution in [2.45, 2.75) is 44.6 Å². The van der Waals surface area contributed by atoms with Crippen molar-refractivity contribution in [2.75, 3.05) is 13.7 Å². The van der Waals surface area contributed by atoms with Gasteiger partial charge in [-0.1, -0.05) is 0 Å². The Morgan fingerprint density at radius 1 is 1.24 bits per heavy atom. The molecule has 7 N–H and O–H groups in total. The zero-order valence-corrected chi connectivity index (χ0v) is 15.8. The van der Waals surface area contributed by atoms with Crippen LogP contribution < -0.4 is 21.9 Å². The van der Waals surface area contributed by atoms with E-state index in [1.165, 1.54) is 7.11 Å². The number of aliphatic imine (C=N–C) groups is 1. The van der Waals surface area contributed by atoms with Crippen LogP contribution in [0.5, 0.6) is 5.75 Å². The van der Waals surface area contributed by atoms with Crippen LogP contribution in [0.4, 0.5) is 0 Å². The molecule has 0 bridgehead atoms. The first-order valence-corrected chi connectivity index (χ1v) is 8.87. The average Bonchev–Trinajstić information content (AvgIpc) is 2.53. The molecule has 0 aliphatic rings. The number of benzene rings is 1. The van der Waals surface area contributed by atoms with Gasteiger partial charge < -0.3 is 26.5 Å². The molecule has 140 valence electrons. The van der Waals surface area contributed by atoms with Crippen molar-refractivity contribution >= 4 is 22.8 Å². The first-order chi connectivity index (χ1) is 11.6. The third-order valence-electron chi connectivity index (χ3n) is 4.12. The second-order valence-corrected chi connectivity index (χ2v) is 6.69. The fourth-order valence-corrected chi connectivity index (χ4v) is 3.52. The van der Waals surface area contributed by atoms with Gasteiger partial charge in [-0.3, -0.25) is 9.79 Å². The number of methoxy groups -OCH3 is 1. The van der Waals surface area contributed by atoms with Crippen LogP contribution in [0, 0.1) is 20.8 Å². The molecule has 0 aromatic heterocycles. The minimum atomic E-state index is -2.22. The maximum atomic E-state index is 12.8. The van der Waals surface area contributed by atoms with Gasteiger partial charge in [0.2, 0.25) is 0 Å². The van der Waals surface area contributed by atoms with Gasteiger partial charge in [0.1, 0.15) is 5.75 Å². The molecule has 0 aliphatic heterocycles. The first-order valence-electron chi connectivity index (χ1n) is 7.77. The molecule has 2 atom stereocenters. The quantitative estimate of drug-likeness (QED) is 0.173. The standard InChI is InChI=1S/C16H26N4O4S/c1-8-9(2)15(25(22)23)10(3)12(14(8)24-4)13(21)11(17)6-5-7-20-16(18)19/h11H,5-7,17H2,1-4H3,(H,22,23)(H4,18,19,20)/t11-/m0/s1. The van der Waals surface area contributed by atoms with Gasteiger partial charge >= 0.3 is 0 Å². The van der Waals surface area contributed by atoms with E-state index in [4.69, 9.17) is 21.9 Å². The van der Waals surface area contributed by atoms with Gasteiger partial charge in [0, 0.05) is 6.54 Å². The van der Waals surface area contributed by atoms with E-state index in [0.29, 0.717) is 41.8 Å². The topological polar surface area (TPSA) is 154 Å². The summed E-state index contributed by atoms with van der Waals surface area (Å²) in [5, 5.41) is 0. The lowest BCUT2D eigenvalue weighted by Crippen LogP contribution is -2.32. The smallest absolute Gasteiger partial charge is 0.187 e. The van der Waals surface area contributed by atoms with E-state index in [1.807, 2.05) is 0 Å². The second kappa shape index (κ2) is 8.93. The number of guanidine groups is 1. The number of carbonyl (C=O) groups excluding carboxylic acids is 1. The van der Waals surface area contributed by atoms with Crippen LogP contribution in [-0.2, 0) is 11.1 Å². The summed E-state index contributed by atoms with van der Waals surface area (Å²) >= 11 is -2.22. The van der Waals surface area contributed by atoms with Gasteiger partial charge in [-0.05, 0) is 50.3 Å². The van der Waals surface area contributed by atoms with Crippen molar-refractivity contribution in [1.29, 1.82) is 0 Å². The Kier molecular flexibility index (Phi) is 7.53. The number of nitrogens with two attached hydrogens (primary N) is 3. The summed E-state index contributed by atoms with van der Waals surface area (Å²) < 4.78 is 26.7. The molecule has 0 aliphatic carbocycles. The van der Waals surface area contributed by atoms with E-state index < -0.39 is 17.1 Å². The van der Waals surface area contributed by atoms with Crippen molar-refractivity contribution in [1.82, 2.24) is 0 Å². The summed E-state index contributed by atoms with van der Waals surface area (Å²) in [5.74, 6) is 0.0318. The Labute approximate surface area is 150 Å². The number of rotatable bonds is 8. The highest BCUT2D eigenvalue weighted by molar-refractivity contribution is 7.79. The fourth-order valence-electron chi connectivity index (χ4n) is 2.74. The van der Waals surface area contributed by atoms with Crippen molar-refractivity contribution in [3.8, 4) is 5.75 Å². The molecular weight excluding hydrogens is 344 g/mol. The number of Topliss-reactive ketones (excluding diaryl/α,β-unsaturated/α-hetero) is 1. The van der Waals surface area contributed by atoms with Crippen molar-refractivity contribution in [3.63, 3.8) is 0 Å². The largest absolute Gasteiger partial charge is 0.496 e. The van der Waals surface area contributed by atoms with Gasteiger partial charge in [0.25, 0.3) is 0 Å². The number of hydrogen-bond acceptors (Lipinski definition) is 5. The number of hydrogen-bond donors (Lipinski definition) is 4. The molecule has 1 aromatic rings. The van der Waals surface area contributed by atoms with Gasteiger partial charge in [0.05, 0.1) is 23.6 Å². The molecule has 8 nitrogen and oxygen atoms in total. The summed E-state index contributed by atoms with van der Waals surface area (Å²) in [6.07, 6.45) is 0.915. The molecule has 0 amide bonds. The Morgan fingerprint density at radius 2 is 1.84 bits per heavy atom. The third kappa shape index (κ3) is 4.77. The molecule has 0 spiro atoms. The van der Waals surface area contributed by atoms with E-state index in [0.717, 1.165) is 0 Å². The average molecular weight is 370 g/mol. The number of ketones is 1. The van der Waals surface area contributed by atoms with Crippen LogP contribution in [0.15, 0.2) is 9.89 Å². The predicted molar refractivity (Wildman–Crippen MR) is 98.5 cm³/mol. The maximum Gasteiger partial charge on any atom is 0.187 e. The molecule has 9 heteroatoms. The highest BCUT2D eigenvalue weighted by Crippen LogP contribution is 2.35. The molecule has 1 aromatic carbocycles. The Balaban J connectivity index is 3.24. The highest BCUT2D eigenvalue weighted by Gasteiger charge is 2.28. The molecule has 1 unspecified atom stereocenters. The van der Waals surface area contributed by atoms with E-state index in [-0.39, 0.29) is 22.2 Å². The number of nitrogens with zero attached hydrogens (tertiary/aromatic N) is 1. The van der Waals surface area contributed by atoms with Crippen molar-refractivity contribution in [3.05, 3.63) is 22.3 Å². The lowest BCUT2D eigenvalue weighted by Gasteiger charge is -2.21. The lowest BCUT2D eigenvalue weighted by atomic mass is 9.92. The number of ether oxygens (including phenoxy) is 1. The van der Waals surface area contributed by atoms with E-state index in [9.17, 15) is 13.6 Å². The number of carbonyl (C=O) groups is 1. The van der Waals surface area contributed by atoms with Crippen LogP contribution >= 0.6 is 0 Å². The molecule has 25 heavy (non-hydrogen) atoms. The van der Waals surface area contributed by atoms with E-state index in [1.54, 1.807) is 20.8 Å². The fraction of sp³-hybridized carbons (Fsp3) is 0.500. The Bertz CT molecular complexity index is 715. The van der Waals surface area contributed by atoms with Gasteiger partial charge in [-0.15, -0.1) is 0 Å². The third-order valence-corrected chi connectivity index (χ3v) is 5.08. The van der Waals surface area contributed by atoms with Gasteiger partial charge in [0.15, 0.2) is 22.8 Å². The normalized spacial score (nSPS) is 13.2. The zero-order valence-electron chi connectivity index (χ0n) is 15.0. The Morgan fingerprint density at radius 3 is 2.32 bits per heavy atom. The van der Waals surface area contributed by atoms with Gasteiger partial charge in [-0.25, -0.2) is 4.21 Å². The predicted octanol–water partition coefficient (Wildman–Crippen LogP) is 0.765. The van der Waals surface area contributed by atoms with Crippen LogP contribution in [0.25, 0.3) is 0 Å². The molecular formula is C16H26N4O4S. The summed E-state index contributed by atoms with van der Waals surface area (Å²) in [7, 11) is 1.46. The van der Waals surface area contributed by atoms with Crippen molar-refractivity contribution < 1.29 is 18.3 Å². The SMILES string of the molecule is COc1c(C)c(C)c(S(=O)O)c(C)c1C(=O)[C@@H](N)CCCN=C(N)N. The van der Waals surface area contributed by atoms with Crippen molar-refractivity contribution in [2.24, 2.45) is 22.2 Å². The summed E-state index contributed by atoms with van der Waals surface area (Å²) in [6, 6.07) is -0.788. The minimum absolute atomic E-state index is 0.0124. The monoisotopic (exact) mass is 370 g/mol. The molecule has 0 saturated heterocycles. The van der Waals surface area contributed by atoms with E-state index in [2.05, 4.69) is 4.99 Å². The second-order valence-electron chi connectivity index (χ2n) is 5.78. The lowest BCUT2D eigenvalue weighted by molar-refractivity contribution is 0.0952. The van der Waals surface area contributed by atoms with Crippen LogP contribution in [0.3, 0.4) is 0 Å².